The van der Waals surface area contributed by atoms with Crippen molar-refractivity contribution in [2.45, 2.75) is 13.1 Å². The predicted octanol–water partition coefficient (Wildman–Crippen LogP) is 3.73. The number of rotatable bonds is 5. The summed E-state index contributed by atoms with van der Waals surface area (Å²) in [5.41, 5.74) is 1.41. The number of hydrogen-bond donors (Lipinski definition) is 1. The molecule has 0 fully saturated rings. The largest absolute Gasteiger partial charge is 0.478 e. The molecule has 0 atom stereocenters. The average Bonchev–Trinajstić information content (AvgIpc) is 2.75. The fourth-order valence-electron chi connectivity index (χ4n) is 1.82. The molecule has 19 heavy (non-hydrogen) atoms. The van der Waals surface area contributed by atoms with Crippen LogP contribution in [0.5, 0.6) is 0 Å². The maximum absolute atomic E-state index is 10.8. The molecule has 0 saturated heterocycles. The van der Waals surface area contributed by atoms with Crippen molar-refractivity contribution < 1.29 is 9.90 Å². The Morgan fingerprint density at radius 3 is 2.42 bits per heavy atom. The molecule has 1 aromatic heterocycles. The molecule has 0 bridgehead atoms. The minimum absolute atomic E-state index is 0.316. The second-order valence-electron chi connectivity index (χ2n) is 4.38. The van der Waals surface area contributed by atoms with Crippen LogP contribution in [0.3, 0.4) is 0 Å². The summed E-state index contributed by atoms with van der Waals surface area (Å²) >= 11 is 7.47. The van der Waals surface area contributed by atoms with E-state index in [9.17, 15) is 4.79 Å². The second kappa shape index (κ2) is 6.19. The number of aromatic carboxylic acids is 1. The Morgan fingerprint density at radius 1 is 1.21 bits per heavy atom. The highest BCUT2D eigenvalue weighted by atomic mass is 35.5. The Labute approximate surface area is 121 Å². The van der Waals surface area contributed by atoms with E-state index in [1.54, 1.807) is 23.5 Å². The van der Waals surface area contributed by atoms with Gasteiger partial charge in [0.15, 0.2) is 0 Å². The van der Waals surface area contributed by atoms with Gasteiger partial charge in [0.25, 0.3) is 0 Å². The zero-order valence-electron chi connectivity index (χ0n) is 10.5. The van der Waals surface area contributed by atoms with E-state index in [0.717, 1.165) is 23.0 Å². The van der Waals surface area contributed by atoms with Crippen LogP contribution in [0.1, 0.15) is 20.8 Å². The molecule has 1 aromatic carbocycles. The Bertz CT molecular complexity index is 565. The summed E-state index contributed by atoms with van der Waals surface area (Å²) in [6.45, 7) is 1.60. The lowest BCUT2D eigenvalue weighted by Gasteiger charge is -2.15. The van der Waals surface area contributed by atoms with Gasteiger partial charge in [0, 0.05) is 18.0 Å². The number of thiophene rings is 1. The van der Waals surface area contributed by atoms with E-state index in [2.05, 4.69) is 4.90 Å². The molecule has 5 heteroatoms. The van der Waals surface area contributed by atoms with Crippen molar-refractivity contribution in [1.82, 2.24) is 4.90 Å². The van der Waals surface area contributed by atoms with Crippen LogP contribution in [0, 0.1) is 0 Å². The topological polar surface area (TPSA) is 40.5 Å². The first-order valence-electron chi connectivity index (χ1n) is 5.79. The van der Waals surface area contributed by atoms with E-state index in [1.807, 2.05) is 31.3 Å². The third-order valence-electron chi connectivity index (χ3n) is 2.71. The molecule has 0 amide bonds. The van der Waals surface area contributed by atoms with E-state index in [-0.39, 0.29) is 0 Å². The van der Waals surface area contributed by atoms with Gasteiger partial charge in [-0.3, -0.25) is 4.90 Å². The molecule has 1 N–H and O–H groups in total. The van der Waals surface area contributed by atoms with Crippen molar-refractivity contribution in [3.05, 3.63) is 56.7 Å². The van der Waals surface area contributed by atoms with Gasteiger partial charge in [0.2, 0.25) is 0 Å². The van der Waals surface area contributed by atoms with E-state index >= 15 is 0 Å². The Hall–Kier alpha value is -1.36. The minimum Gasteiger partial charge on any atom is -0.478 e. The lowest BCUT2D eigenvalue weighted by molar-refractivity contribution is 0.0697. The summed E-state index contributed by atoms with van der Waals surface area (Å²) in [4.78, 5) is 14.1. The second-order valence-corrected chi connectivity index (χ2v) is 6.18. The van der Waals surface area contributed by atoms with Gasteiger partial charge < -0.3 is 5.11 Å². The highest BCUT2D eigenvalue weighted by molar-refractivity contribution is 7.16. The first-order valence-corrected chi connectivity index (χ1v) is 6.99. The van der Waals surface area contributed by atoms with Crippen molar-refractivity contribution in [2.75, 3.05) is 7.05 Å². The van der Waals surface area contributed by atoms with E-state index < -0.39 is 5.97 Å². The Balaban J connectivity index is 1.94. The van der Waals surface area contributed by atoms with Crippen molar-refractivity contribution in [2.24, 2.45) is 0 Å². The summed E-state index contributed by atoms with van der Waals surface area (Å²) in [5.74, 6) is -0.895. The lowest BCUT2D eigenvalue weighted by Crippen LogP contribution is -2.16. The smallest absolute Gasteiger partial charge is 0.335 e. The number of carboxylic acid groups (broad SMARTS) is 1. The quantitative estimate of drug-likeness (QED) is 0.913. The van der Waals surface area contributed by atoms with Gasteiger partial charge in [0.1, 0.15) is 0 Å². The molecule has 0 saturated carbocycles. The molecule has 0 radical (unpaired) electrons. The molecule has 2 aromatic rings. The van der Waals surface area contributed by atoms with Crippen LogP contribution in [-0.2, 0) is 13.1 Å². The number of nitrogens with zero attached hydrogens (tertiary/aromatic N) is 1. The molecule has 0 aliphatic heterocycles. The lowest BCUT2D eigenvalue weighted by atomic mass is 10.1. The number of carbonyl (C=O) groups is 1. The summed E-state index contributed by atoms with van der Waals surface area (Å²) in [6, 6.07) is 10.9. The number of carboxylic acids is 1. The predicted molar refractivity (Wildman–Crippen MR) is 77.9 cm³/mol. The highest BCUT2D eigenvalue weighted by Crippen LogP contribution is 2.22. The summed E-state index contributed by atoms with van der Waals surface area (Å²) in [6.07, 6.45) is 0. The normalized spacial score (nSPS) is 10.9. The van der Waals surface area contributed by atoms with Crippen LogP contribution >= 0.6 is 22.9 Å². The van der Waals surface area contributed by atoms with Crippen molar-refractivity contribution >= 4 is 28.9 Å². The number of halogens is 1. The van der Waals surface area contributed by atoms with Gasteiger partial charge in [-0.15, -0.1) is 11.3 Å². The molecule has 100 valence electrons. The van der Waals surface area contributed by atoms with Crippen LogP contribution < -0.4 is 0 Å². The SMILES string of the molecule is CN(Cc1ccc(C(=O)O)cc1)Cc1ccc(Cl)s1. The first kappa shape index (κ1) is 14.1. The van der Waals surface area contributed by atoms with Gasteiger partial charge in [-0.05, 0) is 36.9 Å². The molecular formula is C14H14ClNO2S. The van der Waals surface area contributed by atoms with Crippen molar-refractivity contribution in [3.8, 4) is 0 Å². The van der Waals surface area contributed by atoms with Gasteiger partial charge in [0.05, 0.1) is 9.90 Å². The molecule has 0 aliphatic carbocycles. The maximum Gasteiger partial charge on any atom is 0.335 e. The van der Waals surface area contributed by atoms with E-state index in [0.29, 0.717) is 5.56 Å². The zero-order valence-corrected chi connectivity index (χ0v) is 12.0. The summed E-state index contributed by atoms with van der Waals surface area (Å²) in [5, 5.41) is 8.83. The van der Waals surface area contributed by atoms with E-state index in [4.69, 9.17) is 16.7 Å². The van der Waals surface area contributed by atoms with Crippen LogP contribution in [0.4, 0.5) is 0 Å². The Morgan fingerprint density at radius 2 is 1.89 bits per heavy atom. The molecular weight excluding hydrogens is 282 g/mol. The third-order valence-corrected chi connectivity index (χ3v) is 3.92. The standard InChI is InChI=1S/C14H14ClNO2S/c1-16(9-12-6-7-13(15)19-12)8-10-2-4-11(5-3-10)14(17)18/h2-7H,8-9H2,1H3,(H,17,18). The average molecular weight is 296 g/mol. The van der Waals surface area contributed by atoms with Gasteiger partial charge in [-0.2, -0.15) is 0 Å². The maximum atomic E-state index is 10.8. The van der Waals surface area contributed by atoms with Crippen LogP contribution in [-0.4, -0.2) is 23.0 Å². The first-order chi connectivity index (χ1) is 9.04. The van der Waals surface area contributed by atoms with Crippen LogP contribution in [0.2, 0.25) is 4.34 Å². The van der Waals surface area contributed by atoms with Gasteiger partial charge >= 0.3 is 5.97 Å². The molecule has 2 rings (SSSR count). The number of hydrogen-bond acceptors (Lipinski definition) is 3. The number of benzene rings is 1. The molecule has 0 aliphatic rings. The van der Waals surface area contributed by atoms with Crippen LogP contribution in [0.25, 0.3) is 0 Å². The highest BCUT2D eigenvalue weighted by Gasteiger charge is 2.06. The summed E-state index contributed by atoms with van der Waals surface area (Å²) < 4.78 is 0.800. The van der Waals surface area contributed by atoms with Crippen molar-refractivity contribution in [1.29, 1.82) is 0 Å². The molecule has 1 heterocycles. The molecule has 0 spiro atoms. The van der Waals surface area contributed by atoms with Crippen molar-refractivity contribution in [3.63, 3.8) is 0 Å². The monoisotopic (exact) mass is 295 g/mol. The minimum atomic E-state index is -0.895. The van der Waals surface area contributed by atoms with Gasteiger partial charge in [-0.25, -0.2) is 4.79 Å². The van der Waals surface area contributed by atoms with Gasteiger partial charge in [-0.1, -0.05) is 23.7 Å². The third kappa shape index (κ3) is 4.06. The molecule has 3 nitrogen and oxygen atoms in total. The molecule has 0 unspecified atom stereocenters. The fourth-order valence-corrected chi connectivity index (χ4v) is 2.99. The van der Waals surface area contributed by atoms with Crippen LogP contribution in [0.15, 0.2) is 36.4 Å². The zero-order chi connectivity index (χ0) is 13.8. The van der Waals surface area contributed by atoms with E-state index in [1.165, 1.54) is 4.88 Å². The fraction of sp³-hybridized carbons (Fsp3) is 0.214. The summed E-state index contributed by atoms with van der Waals surface area (Å²) in [7, 11) is 2.03. The Kier molecular flexibility index (Phi) is 4.58.